The number of aromatic nitrogens is 2. The fourth-order valence-corrected chi connectivity index (χ4v) is 7.87. The number of hydrogen-bond donors (Lipinski definition) is 0. The van der Waals surface area contributed by atoms with Crippen LogP contribution in [0, 0.1) is 11.8 Å². The number of amides is 1. The van der Waals surface area contributed by atoms with Crippen molar-refractivity contribution in [3.8, 4) is 11.5 Å². The molecule has 4 aliphatic rings. The van der Waals surface area contributed by atoms with E-state index in [1.807, 2.05) is 0 Å². The summed E-state index contributed by atoms with van der Waals surface area (Å²) in [5.41, 5.74) is 0.946. The maximum absolute atomic E-state index is 13.8. The van der Waals surface area contributed by atoms with E-state index in [0.29, 0.717) is 46.8 Å². The molecule has 1 aliphatic carbocycles. The number of pyridine rings is 2. The Balaban J connectivity index is 1.11. The third kappa shape index (κ3) is 8.94. The van der Waals surface area contributed by atoms with Gasteiger partial charge in [0.2, 0.25) is 0 Å². The van der Waals surface area contributed by atoms with Crippen LogP contribution in [0.4, 0.5) is 19.4 Å². The van der Waals surface area contributed by atoms with Crippen molar-refractivity contribution in [2.45, 2.75) is 57.5 Å². The van der Waals surface area contributed by atoms with Crippen molar-refractivity contribution in [3.05, 3.63) is 98.0 Å². The summed E-state index contributed by atoms with van der Waals surface area (Å²) >= 11 is 14.1. The minimum Gasteiger partial charge on any atom is -0.489 e. The maximum atomic E-state index is 13.8. The van der Waals surface area contributed by atoms with E-state index in [9.17, 15) is 18.4 Å². The molecule has 3 saturated heterocycles. The van der Waals surface area contributed by atoms with Gasteiger partial charge in [-0.05, 0) is 98.1 Å². The first-order valence-electron chi connectivity index (χ1n) is 17.1. The first kappa shape index (κ1) is 36.3. The zero-order valence-electron chi connectivity index (χ0n) is 28.0. The number of halogens is 4. The number of carbonyl (C=O) groups is 2. The van der Waals surface area contributed by atoms with Crippen molar-refractivity contribution >= 4 is 52.4 Å². The van der Waals surface area contributed by atoms with Crippen LogP contribution in [0.3, 0.4) is 0 Å². The Kier molecular flexibility index (Phi) is 11.4. The van der Waals surface area contributed by atoms with E-state index in [1.54, 1.807) is 36.5 Å². The van der Waals surface area contributed by atoms with Gasteiger partial charge >= 0.3 is 18.7 Å². The molecular weight excluding hydrogens is 737 g/mol. The number of hydrogen-bond acceptors (Lipinski definition) is 10. The molecule has 4 aromatic rings. The molecule has 1 amide bonds. The molecule has 1 saturated carbocycles. The highest BCUT2D eigenvalue weighted by molar-refractivity contribution is 7.14. The molecular formula is C37H36Cl2F2N4O6S. The van der Waals surface area contributed by atoms with Crippen molar-refractivity contribution < 1.29 is 37.3 Å². The molecule has 6 heterocycles. The number of thiophene rings is 1. The molecule has 15 heteroatoms. The van der Waals surface area contributed by atoms with E-state index >= 15 is 0 Å². The van der Waals surface area contributed by atoms with Crippen LogP contribution in [0.1, 0.15) is 57.5 Å². The van der Waals surface area contributed by atoms with Gasteiger partial charge in [0.15, 0.2) is 11.5 Å². The summed E-state index contributed by atoms with van der Waals surface area (Å²) in [4.78, 5) is 40.6. The summed E-state index contributed by atoms with van der Waals surface area (Å²) in [7, 11) is 0. The van der Waals surface area contributed by atoms with Crippen molar-refractivity contribution in [2.75, 3.05) is 31.1 Å². The summed E-state index contributed by atoms with van der Waals surface area (Å²) in [6, 6.07) is 13.1. The van der Waals surface area contributed by atoms with Gasteiger partial charge in [-0.2, -0.15) is 8.78 Å². The normalized spacial score (nSPS) is 20.0. The molecule has 0 spiro atoms. The van der Waals surface area contributed by atoms with Crippen LogP contribution < -0.4 is 14.4 Å². The van der Waals surface area contributed by atoms with Gasteiger partial charge in [0, 0.05) is 36.4 Å². The SMILES string of the molecule is O=C(O[C@@H](Cc1c(Cl)cncc1Cl)c1ccc(OC(F)F)c(OCC2CC2)c1)c1ccc(CN(C(=O)O[C@H]2CN3CCC2CC3)c2ccccn2)s1. The first-order valence-corrected chi connectivity index (χ1v) is 18.7. The van der Waals surface area contributed by atoms with Gasteiger partial charge in [-0.3, -0.25) is 14.8 Å². The number of fused-ring (bicyclic) bond motifs is 3. The number of alkyl halides is 2. The van der Waals surface area contributed by atoms with Crippen LogP contribution >= 0.6 is 34.5 Å². The van der Waals surface area contributed by atoms with Gasteiger partial charge in [0.1, 0.15) is 22.9 Å². The van der Waals surface area contributed by atoms with Gasteiger partial charge in [-0.1, -0.05) is 35.3 Å². The molecule has 274 valence electrons. The number of piperidine rings is 3. The standard InChI is InChI=1S/C37H36Cl2F2N4O6S/c38-27-17-42-18-28(39)26(27)16-30(24-6-8-29(50-36(40)41)31(15-24)48-21-22-4-5-22)49-35(46)33-9-7-25(52-33)19-45(34-3-1-2-12-43-34)37(47)51-32-20-44-13-10-23(32)11-14-44/h1-3,6-9,12,15,17-18,22-23,30,32,36H,4-5,10-11,13-14,16,19-21H2/t30-,32-/m0/s1. The molecule has 0 radical (unpaired) electrons. The predicted molar refractivity (Wildman–Crippen MR) is 192 cm³/mol. The maximum Gasteiger partial charge on any atom is 0.416 e. The molecule has 4 fully saturated rings. The van der Waals surface area contributed by atoms with Crippen molar-refractivity contribution in [1.82, 2.24) is 14.9 Å². The Labute approximate surface area is 313 Å². The van der Waals surface area contributed by atoms with Crippen LogP contribution in [0.5, 0.6) is 11.5 Å². The Morgan fingerprint density at radius 1 is 1.00 bits per heavy atom. The average molecular weight is 774 g/mol. The summed E-state index contributed by atoms with van der Waals surface area (Å²) < 4.78 is 49.3. The Bertz CT molecular complexity index is 1860. The number of nitrogens with zero attached hydrogens (tertiary/aromatic N) is 4. The van der Waals surface area contributed by atoms with E-state index in [1.165, 1.54) is 46.8 Å². The van der Waals surface area contributed by atoms with Gasteiger partial charge < -0.3 is 18.9 Å². The summed E-state index contributed by atoms with van der Waals surface area (Å²) in [5.74, 6) is 0.440. The molecule has 2 atom stereocenters. The zero-order valence-corrected chi connectivity index (χ0v) is 30.3. The first-order chi connectivity index (χ1) is 25.2. The van der Waals surface area contributed by atoms with Gasteiger partial charge in [-0.15, -0.1) is 11.3 Å². The Morgan fingerprint density at radius 2 is 1.79 bits per heavy atom. The van der Waals surface area contributed by atoms with E-state index in [-0.39, 0.29) is 45.5 Å². The lowest BCUT2D eigenvalue weighted by molar-refractivity contribution is -0.0515. The second-order valence-corrected chi connectivity index (χ2v) is 15.1. The topological polar surface area (TPSA) is 103 Å². The fourth-order valence-electron chi connectivity index (χ4n) is 6.47. The van der Waals surface area contributed by atoms with Crippen LogP contribution in [0.2, 0.25) is 10.0 Å². The van der Waals surface area contributed by atoms with Crippen molar-refractivity contribution in [3.63, 3.8) is 0 Å². The van der Waals surface area contributed by atoms with Crippen molar-refractivity contribution in [1.29, 1.82) is 0 Å². The Morgan fingerprint density at radius 3 is 2.46 bits per heavy atom. The zero-order chi connectivity index (χ0) is 36.2. The third-order valence-corrected chi connectivity index (χ3v) is 11.2. The monoisotopic (exact) mass is 772 g/mol. The molecule has 1 aromatic carbocycles. The molecule has 2 bridgehead atoms. The number of ether oxygens (including phenoxy) is 4. The minimum absolute atomic E-state index is 0.0557. The second-order valence-electron chi connectivity index (χ2n) is 13.1. The highest BCUT2D eigenvalue weighted by Gasteiger charge is 2.38. The van der Waals surface area contributed by atoms with Crippen LogP contribution in [-0.2, 0) is 22.4 Å². The fraction of sp³-hybridized carbons (Fsp3) is 0.405. The number of anilines is 1. The number of esters is 1. The molecule has 8 rings (SSSR count). The number of carbonyl (C=O) groups excluding carboxylic acids is 2. The molecule has 10 nitrogen and oxygen atoms in total. The Hall–Kier alpha value is -4.04. The predicted octanol–water partition coefficient (Wildman–Crippen LogP) is 8.61. The van der Waals surface area contributed by atoms with Crippen LogP contribution in [-0.4, -0.2) is 65.9 Å². The van der Waals surface area contributed by atoms with Crippen molar-refractivity contribution in [2.24, 2.45) is 11.8 Å². The van der Waals surface area contributed by atoms with E-state index in [0.717, 1.165) is 38.8 Å². The lowest BCUT2D eigenvalue weighted by Gasteiger charge is -2.44. The molecule has 3 aromatic heterocycles. The highest BCUT2D eigenvalue weighted by Crippen LogP contribution is 2.39. The molecule has 52 heavy (non-hydrogen) atoms. The third-order valence-electron chi connectivity index (χ3n) is 9.49. The second kappa shape index (κ2) is 16.3. The van der Waals surface area contributed by atoms with Gasteiger partial charge in [0.05, 0.1) is 23.2 Å². The molecule has 0 N–H and O–H groups in total. The van der Waals surface area contributed by atoms with Gasteiger partial charge in [-0.25, -0.2) is 14.6 Å². The van der Waals surface area contributed by atoms with Gasteiger partial charge in [0.25, 0.3) is 0 Å². The smallest absolute Gasteiger partial charge is 0.416 e. The van der Waals surface area contributed by atoms with E-state index in [2.05, 4.69) is 14.9 Å². The number of rotatable bonds is 14. The highest BCUT2D eigenvalue weighted by atomic mass is 35.5. The lowest BCUT2D eigenvalue weighted by Crippen LogP contribution is -2.53. The summed E-state index contributed by atoms with van der Waals surface area (Å²) in [5, 5.41) is 0.545. The largest absolute Gasteiger partial charge is 0.489 e. The van der Waals surface area contributed by atoms with E-state index < -0.39 is 24.8 Å². The minimum atomic E-state index is -3.05. The quantitative estimate of drug-likeness (QED) is 0.117. The summed E-state index contributed by atoms with van der Waals surface area (Å²) in [6.45, 7) is 0.168. The number of benzene rings is 1. The molecule has 0 unspecified atom stereocenters. The van der Waals surface area contributed by atoms with Crippen LogP contribution in [0.25, 0.3) is 0 Å². The lowest BCUT2D eigenvalue weighted by atomic mass is 9.86. The molecule has 3 aliphatic heterocycles. The summed E-state index contributed by atoms with van der Waals surface area (Å²) in [6.07, 6.45) is 6.88. The average Bonchev–Trinajstić information content (AvgIpc) is 3.86. The van der Waals surface area contributed by atoms with Crippen LogP contribution in [0.15, 0.2) is 67.1 Å². The van der Waals surface area contributed by atoms with E-state index in [4.69, 9.17) is 42.1 Å².